The van der Waals surface area contributed by atoms with Crippen molar-refractivity contribution in [3.63, 3.8) is 0 Å². The number of esters is 1. The summed E-state index contributed by atoms with van der Waals surface area (Å²) < 4.78 is 5.03. The maximum Gasteiger partial charge on any atom is 0.338 e. The van der Waals surface area contributed by atoms with Crippen LogP contribution in [-0.4, -0.2) is 51.4 Å². The minimum absolute atomic E-state index is 0.154. The fourth-order valence-corrected chi connectivity index (χ4v) is 8.21. The van der Waals surface area contributed by atoms with Gasteiger partial charge in [-0.1, -0.05) is 11.8 Å². The van der Waals surface area contributed by atoms with Gasteiger partial charge in [0.15, 0.2) is 5.17 Å². The summed E-state index contributed by atoms with van der Waals surface area (Å²) in [6, 6.07) is 6.78. The van der Waals surface area contributed by atoms with Crippen molar-refractivity contribution in [2.45, 2.75) is 63.5 Å². The average molecular weight is 485 g/mol. The second-order valence-electron chi connectivity index (χ2n) is 10.5. The molecule has 1 atom stereocenters. The van der Waals surface area contributed by atoms with Gasteiger partial charge in [0, 0.05) is 6.54 Å². The van der Waals surface area contributed by atoms with Crippen LogP contribution in [0.5, 0.6) is 0 Å². The standard InChI is InChI=1S/C26H32N2O5S/c1-2-33-24(32)19-3-5-20(6-4-19)27-25-28(23(31)21(34-25)12-22(29)30)8-7-26-13-16-9-17(14-26)11-18(10-16)15-26/h3-6,16-18,21H,2,7-15H2,1H3,(H,29,30). The summed E-state index contributed by atoms with van der Waals surface area (Å²) >= 11 is 1.24. The smallest absolute Gasteiger partial charge is 0.338 e. The molecule has 4 saturated carbocycles. The molecule has 1 amide bonds. The van der Waals surface area contributed by atoms with E-state index in [2.05, 4.69) is 0 Å². The summed E-state index contributed by atoms with van der Waals surface area (Å²) in [7, 11) is 0. The Morgan fingerprint density at radius 1 is 1.12 bits per heavy atom. The molecule has 4 aliphatic carbocycles. The molecular formula is C26H32N2O5S. The van der Waals surface area contributed by atoms with Gasteiger partial charge in [-0.3, -0.25) is 14.5 Å². The lowest BCUT2D eigenvalue weighted by atomic mass is 9.49. The number of ether oxygens (including phenoxy) is 1. The predicted molar refractivity (Wildman–Crippen MR) is 130 cm³/mol. The lowest BCUT2D eigenvalue weighted by Gasteiger charge is -2.57. The van der Waals surface area contributed by atoms with Gasteiger partial charge in [-0.05, 0) is 99.3 Å². The molecule has 1 saturated heterocycles. The molecule has 0 aromatic heterocycles. The van der Waals surface area contributed by atoms with Crippen LogP contribution < -0.4 is 0 Å². The summed E-state index contributed by atoms with van der Waals surface area (Å²) in [5.41, 5.74) is 1.40. The van der Waals surface area contributed by atoms with E-state index in [0.717, 1.165) is 24.2 Å². The molecule has 8 heteroatoms. The number of amides is 1. The molecule has 5 aliphatic rings. The zero-order valence-corrected chi connectivity index (χ0v) is 20.4. The minimum Gasteiger partial charge on any atom is -0.481 e. The van der Waals surface area contributed by atoms with Gasteiger partial charge in [-0.15, -0.1) is 0 Å². The van der Waals surface area contributed by atoms with Crippen molar-refractivity contribution in [1.29, 1.82) is 0 Å². The Bertz CT molecular complexity index is 970. The molecule has 1 aromatic carbocycles. The topological polar surface area (TPSA) is 96.3 Å². The number of hydrogen-bond acceptors (Lipinski definition) is 6. The van der Waals surface area contributed by atoms with Gasteiger partial charge in [0.25, 0.3) is 0 Å². The van der Waals surface area contributed by atoms with E-state index < -0.39 is 11.2 Å². The van der Waals surface area contributed by atoms with E-state index in [-0.39, 0.29) is 18.3 Å². The number of aliphatic carboxylic acids is 1. The molecule has 0 spiro atoms. The van der Waals surface area contributed by atoms with Crippen LogP contribution in [0, 0.1) is 23.2 Å². The van der Waals surface area contributed by atoms with Crippen LogP contribution in [0.15, 0.2) is 29.3 Å². The first-order chi connectivity index (χ1) is 16.3. The fraction of sp³-hybridized carbons (Fsp3) is 0.615. The van der Waals surface area contributed by atoms with Gasteiger partial charge in [0.05, 0.1) is 24.3 Å². The van der Waals surface area contributed by atoms with Crippen LogP contribution in [0.2, 0.25) is 0 Å². The molecule has 4 bridgehead atoms. The number of aliphatic imine (C=N–C) groups is 1. The number of rotatable bonds is 8. The highest BCUT2D eigenvalue weighted by molar-refractivity contribution is 8.15. The molecule has 1 N–H and O–H groups in total. The monoisotopic (exact) mass is 484 g/mol. The normalized spacial score (nSPS) is 33.0. The van der Waals surface area contributed by atoms with Gasteiger partial charge < -0.3 is 9.84 Å². The maximum absolute atomic E-state index is 13.2. The molecule has 5 fully saturated rings. The quantitative estimate of drug-likeness (QED) is 0.529. The number of carbonyl (C=O) groups excluding carboxylic acids is 2. The Morgan fingerprint density at radius 2 is 1.74 bits per heavy atom. The molecule has 1 unspecified atom stereocenters. The minimum atomic E-state index is -0.980. The molecule has 0 radical (unpaired) electrons. The van der Waals surface area contributed by atoms with Crippen LogP contribution >= 0.6 is 11.8 Å². The highest BCUT2D eigenvalue weighted by Gasteiger charge is 2.51. The highest BCUT2D eigenvalue weighted by atomic mass is 32.2. The summed E-state index contributed by atoms with van der Waals surface area (Å²) in [6.07, 6.45) is 8.71. The SMILES string of the molecule is CCOC(=O)c1ccc(N=C2SC(CC(=O)O)C(=O)N2CCC23CC4CC(CC(C4)C2)C3)cc1. The van der Waals surface area contributed by atoms with Crippen molar-refractivity contribution < 1.29 is 24.2 Å². The zero-order valence-electron chi connectivity index (χ0n) is 19.6. The molecule has 1 aliphatic heterocycles. The third kappa shape index (κ3) is 4.74. The number of thioether (sulfide) groups is 1. The van der Waals surface area contributed by atoms with E-state index in [1.165, 1.54) is 50.3 Å². The first kappa shape index (κ1) is 23.4. The fourth-order valence-electron chi connectivity index (χ4n) is 7.03. The lowest BCUT2D eigenvalue weighted by Crippen LogP contribution is -2.47. The first-order valence-corrected chi connectivity index (χ1v) is 13.3. The van der Waals surface area contributed by atoms with Gasteiger partial charge in [-0.25, -0.2) is 9.79 Å². The summed E-state index contributed by atoms with van der Waals surface area (Å²) in [5, 5.41) is 9.21. The number of benzene rings is 1. The van der Waals surface area contributed by atoms with Gasteiger partial charge >= 0.3 is 11.9 Å². The Morgan fingerprint density at radius 3 is 2.29 bits per heavy atom. The Labute approximate surface area is 204 Å². The third-order valence-corrected chi connectivity index (χ3v) is 9.19. The van der Waals surface area contributed by atoms with E-state index in [0.29, 0.717) is 35.0 Å². The first-order valence-electron chi connectivity index (χ1n) is 12.4. The van der Waals surface area contributed by atoms with Crippen LogP contribution in [0.4, 0.5) is 5.69 Å². The van der Waals surface area contributed by atoms with Crippen LogP contribution in [0.25, 0.3) is 0 Å². The van der Waals surface area contributed by atoms with Crippen molar-refractivity contribution in [2.75, 3.05) is 13.2 Å². The third-order valence-electron chi connectivity index (χ3n) is 8.01. The largest absolute Gasteiger partial charge is 0.481 e. The van der Waals surface area contributed by atoms with E-state index in [4.69, 9.17) is 9.73 Å². The van der Waals surface area contributed by atoms with Gasteiger partial charge in [-0.2, -0.15) is 0 Å². The highest BCUT2D eigenvalue weighted by Crippen LogP contribution is 2.61. The Kier molecular flexibility index (Phi) is 6.44. The van der Waals surface area contributed by atoms with Crippen molar-refractivity contribution in [3.05, 3.63) is 29.8 Å². The van der Waals surface area contributed by atoms with Gasteiger partial charge in [0.2, 0.25) is 5.91 Å². The van der Waals surface area contributed by atoms with Gasteiger partial charge in [0.1, 0.15) is 5.25 Å². The van der Waals surface area contributed by atoms with Crippen molar-refractivity contribution >= 4 is 40.5 Å². The maximum atomic E-state index is 13.2. The number of carbonyl (C=O) groups is 3. The zero-order chi connectivity index (χ0) is 23.9. The van der Waals surface area contributed by atoms with Crippen molar-refractivity contribution in [2.24, 2.45) is 28.2 Å². The second kappa shape index (κ2) is 9.36. The van der Waals surface area contributed by atoms with E-state index in [1.807, 2.05) is 0 Å². The molecule has 1 aromatic rings. The Hall–Kier alpha value is -2.35. The van der Waals surface area contributed by atoms with E-state index in [1.54, 1.807) is 36.1 Å². The van der Waals surface area contributed by atoms with Crippen LogP contribution in [0.1, 0.15) is 68.6 Å². The van der Waals surface area contributed by atoms with Crippen molar-refractivity contribution in [1.82, 2.24) is 4.90 Å². The molecule has 1 heterocycles. The van der Waals surface area contributed by atoms with Crippen LogP contribution in [0.3, 0.4) is 0 Å². The number of carboxylic acid groups (broad SMARTS) is 1. The molecule has 7 nitrogen and oxygen atoms in total. The molecule has 34 heavy (non-hydrogen) atoms. The number of nitrogens with zero attached hydrogens (tertiary/aromatic N) is 2. The van der Waals surface area contributed by atoms with Crippen LogP contribution in [-0.2, 0) is 14.3 Å². The van der Waals surface area contributed by atoms with Crippen molar-refractivity contribution in [3.8, 4) is 0 Å². The molecule has 182 valence electrons. The number of hydrogen-bond donors (Lipinski definition) is 1. The molecule has 6 rings (SSSR count). The Balaban J connectivity index is 1.33. The predicted octanol–water partition coefficient (Wildman–Crippen LogP) is 4.88. The number of amidine groups is 1. The second-order valence-corrected chi connectivity index (χ2v) is 11.7. The van der Waals surface area contributed by atoms with E-state index >= 15 is 0 Å². The van der Waals surface area contributed by atoms with E-state index in [9.17, 15) is 19.5 Å². The summed E-state index contributed by atoms with van der Waals surface area (Å²) in [4.78, 5) is 42.9. The summed E-state index contributed by atoms with van der Waals surface area (Å²) in [6.45, 7) is 2.66. The average Bonchev–Trinajstić information content (AvgIpc) is 3.05. The summed E-state index contributed by atoms with van der Waals surface area (Å²) in [5.74, 6) is 1.03. The molecular weight excluding hydrogens is 452 g/mol. The number of carboxylic acids is 1. The lowest BCUT2D eigenvalue weighted by molar-refractivity contribution is -0.139.